The Labute approximate surface area is 215 Å². The van der Waals surface area contributed by atoms with Gasteiger partial charge in [0.15, 0.2) is 0 Å². The van der Waals surface area contributed by atoms with Crippen LogP contribution in [-0.2, 0) is 14.4 Å². The van der Waals surface area contributed by atoms with Crippen LogP contribution in [0, 0.1) is 46.3 Å². The number of amides is 1. The number of carbonyl (C=O) groups is 3. The molecule has 1 N–H and O–H groups in total. The van der Waals surface area contributed by atoms with Crippen molar-refractivity contribution >= 4 is 28.8 Å². The minimum Gasteiger partial charge on any atom is -0.348 e. The Morgan fingerprint density at radius 3 is 2.60 bits per heavy atom. The van der Waals surface area contributed by atoms with Crippen molar-refractivity contribution in [1.82, 2.24) is 5.32 Å². The minimum absolute atomic E-state index is 0.105. The van der Waals surface area contributed by atoms with Gasteiger partial charge >= 0.3 is 0 Å². The van der Waals surface area contributed by atoms with Gasteiger partial charge in [0.2, 0.25) is 5.91 Å². The summed E-state index contributed by atoms with van der Waals surface area (Å²) in [5.74, 6) is 3.07. The van der Waals surface area contributed by atoms with Crippen LogP contribution < -0.4 is 5.32 Å². The maximum Gasteiger partial charge on any atom is 0.220 e. The van der Waals surface area contributed by atoms with E-state index in [1.807, 2.05) is 6.07 Å². The summed E-state index contributed by atoms with van der Waals surface area (Å²) in [6, 6.07) is 4.26. The van der Waals surface area contributed by atoms with Gasteiger partial charge in [0.25, 0.3) is 0 Å². The number of ketones is 2. The van der Waals surface area contributed by atoms with E-state index < -0.39 is 0 Å². The summed E-state index contributed by atoms with van der Waals surface area (Å²) in [6.07, 6.45) is 8.88. The third-order valence-corrected chi connectivity index (χ3v) is 12.2. The van der Waals surface area contributed by atoms with Crippen molar-refractivity contribution < 1.29 is 14.4 Å². The van der Waals surface area contributed by atoms with E-state index in [1.54, 1.807) is 11.3 Å². The lowest BCUT2D eigenvalue weighted by Crippen LogP contribution is -2.57. The van der Waals surface area contributed by atoms with Crippen molar-refractivity contribution in [2.45, 2.75) is 97.9 Å². The Morgan fingerprint density at radius 2 is 1.89 bits per heavy atom. The Hall–Kier alpha value is -1.49. The average molecular weight is 498 g/mol. The van der Waals surface area contributed by atoms with Gasteiger partial charge in [-0.2, -0.15) is 0 Å². The maximum absolute atomic E-state index is 13.6. The predicted molar refractivity (Wildman–Crippen MR) is 140 cm³/mol. The zero-order valence-corrected chi connectivity index (χ0v) is 22.8. The molecule has 1 aromatic rings. The molecule has 4 saturated carbocycles. The first-order valence-electron chi connectivity index (χ1n) is 14.0. The summed E-state index contributed by atoms with van der Waals surface area (Å²) >= 11 is 1.71. The SMILES string of the molecule is CCC(NC(=O)C[C@@H](C)[C@H]1CC[C@H]2[C@@H]3C(=O)C[C@@H]4CC(=O)CC[C@]4(C)[C@H]3CC[C@]12C)c1cccs1. The first-order valence-corrected chi connectivity index (χ1v) is 14.9. The van der Waals surface area contributed by atoms with Crippen molar-refractivity contribution in [3.05, 3.63) is 22.4 Å². The standard InChI is InChI=1S/C30H43NO3S/c1-5-24(26-7-6-14-35-26)31-27(34)15-18(2)21-8-9-22-28-23(11-13-30(21,22)4)29(3)12-10-20(32)16-19(29)17-25(28)33/h6-7,14,18-19,21-24,28H,5,8-13,15-17H2,1-4H3,(H,31,34)/t18-,19+,21-,22+,23+,24?,28+,29+,30-/m1/s1. The summed E-state index contributed by atoms with van der Waals surface area (Å²) in [4.78, 5) is 40.0. The molecule has 5 rings (SSSR count). The highest BCUT2D eigenvalue weighted by atomic mass is 32.1. The summed E-state index contributed by atoms with van der Waals surface area (Å²) < 4.78 is 0. The Balaban J connectivity index is 1.28. The highest BCUT2D eigenvalue weighted by Crippen LogP contribution is 2.67. The van der Waals surface area contributed by atoms with E-state index in [2.05, 4.69) is 44.5 Å². The molecule has 4 nitrogen and oxygen atoms in total. The van der Waals surface area contributed by atoms with Crippen LogP contribution in [0.3, 0.4) is 0 Å². The highest BCUT2D eigenvalue weighted by Gasteiger charge is 2.63. The second-order valence-electron chi connectivity index (χ2n) is 12.8. The molecule has 0 aromatic carbocycles. The topological polar surface area (TPSA) is 63.2 Å². The zero-order chi connectivity index (χ0) is 25.0. The lowest BCUT2D eigenvalue weighted by atomic mass is 9.44. The van der Waals surface area contributed by atoms with Crippen molar-refractivity contribution in [3.63, 3.8) is 0 Å². The zero-order valence-electron chi connectivity index (χ0n) is 22.0. The van der Waals surface area contributed by atoms with Gasteiger partial charge in [-0.05, 0) is 90.4 Å². The molecule has 0 radical (unpaired) electrons. The molecule has 1 unspecified atom stereocenters. The second kappa shape index (κ2) is 9.43. The van der Waals surface area contributed by atoms with Crippen LogP contribution in [0.2, 0.25) is 0 Å². The molecule has 4 aliphatic rings. The average Bonchev–Trinajstić information content (AvgIpc) is 3.46. The molecule has 1 amide bonds. The van der Waals surface area contributed by atoms with Gasteiger partial charge in [-0.1, -0.05) is 33.8 Å². The van der Waals surface area contributed by atoms with Crippen LogP contribution in [0.1, 0.15) is 103 Å². The lowest BCUT2D eigenvalue weighted by molar-refractivity contribution is -0.159. The molecule has 0 bridgehead atoms. The predicted octanol–water partition coefficient (Wildman–Crippen LogP) is 6.75. The molecular formula is C30H43NO3S. The molecule has 0 aliphatic heterocycles. The number of carbonyl (C=O) groups excluding carboxylic acids is 3. The summed E-state index contributed by atoms with van der Waals surface area (Å²) in [5.41, 5.74) is 0.288. The van der Waals surface area contributed by atoms with Gasteiger partial charge < -0.3 is 5.32 Å². The number of fused-ring (bicyclic) bond motifs is 5. The van der Waals surface area contributed by atoms with E-state index in [-0.39, 0.29) is 34.6 Å². The van der Waals surface area contributed by atoms with Crippen molar-refractivity contribution in [2.24, 2.45) is 46.3 Å². The molecule has 4 aliphatic carbocycles. The first-order chi connectivity index (χ1) is 16.7. The molecule has 0 saturated heterocycles. The normalized spacial score (nSPS) is 40.4. The quantitative estimate of drug-likeness (QED) is 0.473. The molecule has 1 heterocycles. The fourth-order valence-corrected chi connectivity index (χ4v) is 10.1. The summed E-state index contributed by atoms with van der Waals surface area (Å²) in [6.45, 7) is 9.23. The Kier molecular flexibility index (Phi) is 6.78. The lowest BCUT2D eigenvalue weighted by Gasteiger charge is -2.59. The number of hydrogen-bond donors (Lipinski definition) is 1. The molecule has 0 spiro atoms. The van der Waals surface area contributed by atoms with E-state index in [0.717, 1.165) is 38.5 Å². The van der Waals surface area contributed by atoms with Crippen LogP contribution in [0.15, 0.2) is 17.5 Å². The smallest absolute Gasteiger partial charge is 0.220 e. The molecule has 5 heteroatoms. The van der Waals surface area contributed by atoms with Crippen LogP contribution in [0.25, 0.3) is 0 Å². The molecule has 192 valence electrons. The summed E-state index contributed by atoms with van der Waals surface area (Å²) in [5, 5.41) is 5.36. The van der Waals surface area contributed by atoms with Gasteiger partial charge in [-0.3, -0.25) is 14.4 Å². The van der Waals surface area contributed by atoms with Crippen molar-refractivity contribution in [1.29, 1.82) is 0 Å². The van der Waals surface area contributed by atoms with Crippen LogP contribution in [0.4, 0.5) is 0 Å². The minimum atomic E-state index is 0.105. The van der Waals surface area contributed by atoms with E-state index in [1.165, 1.54) is 4.88 Å². The second-order valence-corrected chi connectivity index (χ2v) is 13.8. The Bertz CT molecular complexity index is 972. The third kappa shape index (κ3) is 4.24. The van der Waals surface area contributed by atoms with Gasteiger partial charge in [-0.25, -0.2) is 0 Å². The van der Waals surface area contributed by atoms with E-state index in [4.69, 9.17) is 0 Å². The fourth-order valence-electron chi connectivity index (χ4n) is 9.25. The van der Waals surface area contributed by atoms with E-state index in [9.17, 15) is 14.4 Å². The highest BCUT2D eigenvalue weighted by molar-refractivity contribution is 7.10. The van der Waals surface area contributed by atoms with Crippen LogP contribution in [0.5, 0.6) is 0 Å². The van der Waals surface area contributed by atoms with E-state index in [0.29, 0.717) is 60.9 Å². The third-order valence-electron chi connectivity index (χ3n) is 11.2. The molecule has 9 atom stereocenters. The molecule has 1 aromatic heterocycles. The molecule has 35 heavy (non-hydrogen) atoms. The van der Waals surface area contributed by atoms with Crippen LogP contribution in [-0.4, -0.2) is 17.5 Å². The fraction of sp³-hybridized carbons (Fsp3) is 0.767. The molecular weight excluding hydrogens is 454 g/mol. The molecule has 4 fully saturated rings. The summed E-state index contributed by atoms with van der Waals surface area (Å²) in [7, 11) is 0. The number of rotatable bonds is 6. The number of hydrogen-bond acceptors (Lipinski definition) is 4. The maximum atomic E-state index is 13.6. The number of nitrogens with one attached hydrogen (secondary N) is 1. The number of Topliss-reactive ketones (excluding diaryl/α,β-unsaturated/α-hetero) is 2. The van der Waals surface area contributed by atoms with Gasteiger partial charge in [0.1, 0.15) is 11.6 Å². The van der Waals surface area contributed by atoms with Gasteiger partial charge in [0, 0.05) is 36.5 Å². The van der Waals surface area contributed by atoms with Gasteiger partial charge in [-0.15, -0.1) is 11.3 Å². The van der Waals surface area contributed by atoms with Crippen LogP contribution >= 0.6 is 11.3 Å². The number of thiophene rings is 1. The van der Waals surface area contributed by atoms with Gasteiger partial charge in [0.05, 0.1) is 6.04 Å². The van der Waals surface area contributed by atoms with Crippen molar-refractivity contribution in [2.75, 3.05) is 0 Å². The monoisotopic (exact) mass is 497 g/mol. The first kappa shape index (κ1) is 25.2. The Morgan fingerprint density at radius 1 is 1.11 bits per heavy atom. The van der Waals surface area contributed by atoms with E-state index >= 15 is 0 Å². The van der Waals surface area contributed by atoms with Crippen molar-refractivity contribution in [3.8, 4) is 0 Å². The largest absolute Gasteiger partial charge is 0.348 e.